The normalized spacial score (nSPS) is 15.9. The number of para-hydroxylation sites is 1. The molecule has 3 aromatic rings. The quantitative estimate of drug-likeness (QED) is 0.731. The van der Waals surface area contributed by atoms with Crippen LogP contribution >= 0.6 is 0 Å². The second-order valence-corrected chi connectivity index (χ2v) is 5.91. The number of likely N-dealkylation sites (tertiary alicyclic amines) is 1. The molecule has 1 aliphatic heterocycles. The molecule has 0 N–H and O–H groups in total. The number of amides is 1. The van der Waals surface area contributed by atoms with Crippen LogP contribution < -0.4 is 0 Å². The van der Waals surface area contributed by atoms with Gasteiger partial charge in [0.1, 0.15) is 5.52 Å². The SMILES string of the molecule is O=C(c1ccccc1)N1CCC(n2nnc3ccccc32)CC1. The van der Waals surface area contributed by atoms with Crippen LogP contribution in [-0.4, -0.2) is 38.9 Å². The number of hydrogen-bond acceptors (Lipinski definition) is 3. The smallest absolute Gasteiger partial charge is 0.253 e. The first-order chi connectivity index (χ1) is 11.3. The van der Waals surface area contributed by atoms with Crippen LogP contribution in [0.4, 0.5) is 0 Å². The molecule has 4 rings (SSSR count). The molecule has 5 nitrogen and oxygen atoms in total. The third-order valence-corrected chi connectivity index (χ3v) is 4.50. The molecule has 1 aliphatic rings. The lowest BCUT2D eigenvalue weighted by molar-refractivity contribution is 0.0691. The summed E-state index contributed by atoms with van der Waals surface area (Å²) in [6.07, 6.45) is 1.82. The lowest BCUT2D eigenvalue weighted by Crippen LogP contribution is -2.39. The lowest BCUT2D eigenvalue weighted by atomic mass is 10.0. The average Bonchev–Trinajstić information content (AvgIpc) is 3.06. The maximum absolute atomic E-state index is 12.5. The highest BCUT2D eigenvalue weighted by Gasteiger charge is 2.26. The van der Waals surface area contributed by atoms with Crippen LogP contribution in [-0.2, 0) is 0 Å². The van der Waals surface area contributed by atoms with Crippen LogP contribution in [0, 0.1) is 0 Å². The van der Waals surface area contributed by atoms with Gasteiger partial charge in [0, 0.05) is 18.7 Å². The molecular formula is C18H18N4O. The standard InChI is InChI=1S/C18H18N4O/c23-18(14-6-2-1-3-7-14)21-12-10-15(11-13-21)22-17-9-5-4-8-16(17)19-20-22/h1-9,15H,10-13H2. The highest BCUT2D eigenvalue weighted by atomic mass is 16.2. The predicted molar refractivity (Wildman–Crippen MR) is 88.1 cm³/mol. The summed E-state index contributed by atoms with van der Waals surface area (Å²) in [5.74, 6) is 0.118. The van der Waals surface area contributed by atoms with Gasteiger partial charge in [-0.15, -0.1) is 5.10 Å². The number of hydrogen-bond donors (Lipinski definition) is 0. The molecule has 116 valence electrons. The zero-order chi connectivity index (χ0) is 15.6. The van der Waals surface area contributed by atoms with Crippen LogP contribution in [0.1, 0.15) is 29.2 Å². The van der Waals surface area contributed by atoms with E-state index in [4.69, 9.17) is 0 Å². The minimum Gasteiger partial charge on any atom is -0.338 e. The first-order valence-corrected chi connectivity index (χ1v) is 7.97. The van der Waals surface area contributed by atoms with Gasteiger partial charge in [0.05, 0.1) is 11.6 Å². The summed E-state index contributed by atoms with van der Waals surface area (Å²) in [5, 5.41) is 8.54. The summed E-state index contributed by atoms with van der Waals surface area (Å²) in [6.45, 7) is 1.51. The summed E-state index contributed by atoms with van der Waals surface area (Å²) < 4.78 is 2.01. The molecule has 2 aromatic carbocycles. The molecule has 1 amide bonds. The van der Waals surface area contributed by atoms with Crippen LogP contribution in [0.15, 0.2) is 54.6 Å². The monoisotopic (exact) mass is 306 g/mol. The van der Waals surface area contributed by atoms with Gasteiger partial charge in [-0.2, -0.15) is 0 Å². The molecule has 0 spiro atoms. The number of carbonyl (C=O) groups excluding carboxylic acids is 1. The molecule has 0 bridgehead atoms. The molecule has 0 atom stereocenters. The van der Waals surface area contributed by atoms with E-state index in [-0.39, 0.29) is 5.91 Å². The fraction of sp³-hybridized carbons (Fsp3) is 0.278. The Kier molecular flexibility index (Phi) is 3.54. The van der Waals surface area contributed by atoms with E-state index in [1.807, 2.05) is 58.1 Å². The molecule has 0 radical (unpaired) electrons. The van der Waals surface area contributed by atoms with Crippen LogP contribution in [0.3, 0.4) is 0 Å². The Morgan fingerprint density at radius 2 is 1.65 bits per heavy atom. The fourth-order valence-electron chi connectivity index (χ4n) is 3.23. The van der Waals surface area contributed by atoms with Crippen molar-refractivity contribution in [2.75, 3.05) is 13.1 Å². The summed E-state index contributed by atoms with van der Waals surface area (Å²) in [7, 11) is 0. The molecule has 5 heteroatoms. The van der Waals surface area contributed by atoms with Crippen LogP contribution in [0.5, 0.6) is 0 Å². The fourth-order valence-corrected chi connectivity index (χ4v) is 3.23. The van der Waals surface area contributed by atoms with Gasteiger partial charge in [0.2, 0.25) is 0 Å². The average molecular weight is 306 g/mol. The van der Waals surface area contributed by atoms with Gasteiger partial charge in [0.25, 0.3) is 5.91 Å². The van der Waals surface area contributed by atoms with Gasteiger partial charge in [-0.1, -0.05) is 35.5 Å². The molecular weight excluding hydrogens is 288 g/mol. The van der Waals surface area contributed by atoms with Gasteiger partial charge in [-0.25, -0.2) is 4.68 Å². The highest BCUT2D eigenvalue weighted by Crippen LogP contribution is 2.26. The summed E-state index contributed by atoms with van der Waals surface area (Å²) in [6, 6.07) is 17.8. The van der Waals surface area contributed by atoms with E-state index in [1.165, 1.54) is 0 Å². The third-order valence-electron chi connectivity index (χ3n) is 4.50. The molecule has 1 fully saturated rings. The van der Waals surface area contributed by atoms with Crippen molar-refractivity contribution >= 4 is 16.9 Å². The van der Waals surface area contributed by atoms with E-state index < -0.39 is 0 Å². The Labute approximate surface area is 134 Å². The number of piperidine rings is 1. The zero-order valence-corrected chi connectivity index (χ0v) is 12.8. The largest absolute Gasteiger partial charge is 0.338 e. The van der Waals surface area contributed by atoms with Gasteiger partial charge in [-0.3, -0.25) is 4.79 Å². The highest BCUT2D eigenvalue weighted by molar-refractivity contribution is 5.94. The van der Waals surface area contributed by atoms with E-state index in [2.05, 4.69) is 16.4 Å². The number of aromatic nitrogens is 3. The Bertz CT molecular complexity index is 819. The second kappa shape index (κ2) is 5.83. The van der Waals surface area contributed by atoms with Crippen LogP contribution in [0.25, 0.3) is 11.0 Å². The van der Waals surface area contributed by atoms with Crippen molar-refractivity contribution in [1.29, 1.82) is 0 Å². The Balaban J connectivity index is 1.48. The first-order valence-electron chi connectivity index (χ1n) is 7.97. The van der Waals surface area contributed by atoms with E-state index in [9.17, 15) is 4.79 Å². The number of fused-ring (bicyclic) bond motifs is 1. The van der Waals surface area contributed by atoms with E-state index in [1.54, 1.807) is 0 Å². The number of carbonyl (C=O) groups is 1. The summed E-state index contributed by atoms with van der Waals surface area (Å²) >= 11 is 0. The van der Waals surface area contributed by atoms with Crippen molar-refractivity contribution in [3.8, 4) is 0 Å². The van der Waals surface area contributed by atoms with Crippen molar-refractivity contribution in [1.82, 2.24) is 19.9 Å². The van der Waals surface area contributed by atoms with E-state index >= 15 is 0 Å². The third kappa shape index (κ3) is 2.59. The molecule has 1 aromatic heterocycles. The minimum absolute atomic E-state index is 0.118. The lowest BCUT2D eigenvalue weighted by Gasteiger charge is -2.32. The molecule has 2 heterocycles. The Hall–Kier alpha value is -2.69. The van der Waals surface area contributed by atoms with Gasteiger partial charge in [0.15, 0.2) is 0 Å². The molecule has 0 unspecified atom stereocenters. The first kappa shape index (κ1) is 13.9. The molecule has 1 saturated heterocycles. The Morgan fingerprint density at radius 1 is 0.957 bits per heavy atom. The van der Waals surface area contributed by atoms with Crippen molar-refractivity contribution in [3.05, 3.63) is 60.2 Å². The van der Waals surface area contributed by atoms with Gasteiger partial charge < -0.3 is 4.90 Å². The maximum Gasteiger partial charge on any atom is 0.253 e. The minimum atomic E-state index is 0.118. The van der Waals surface area contributed by atoms with Gasteiger partial charge in [-0.05, 0) is 37.1 Å². The van der Waals surface area contributed by atoms with E-state index in [0.717, 1.165) is 42.5 Å². The summed E-state index contributed by atoms with van der Waals surface area (Å²) in [4.78, 5) is 14.4. The molecule has 0 aliphatic carbocycles. The van der Waals surface area contributed by atoms with Gasteiger partial charge >= 0.3 is 0 Å². The van der Waals surface area contributed by atoms with E-state index in [0.29, 0.717) is 6.04 Å². The van der Waals surface area contributed by atoms with Crippen LogP contribution in [0.2, 0.25) is 0 Å². The maximum atomic E-state index is 12.5. The summed E-state index contributed by atoms with van der Waals surface area (Å²) in [5.41, 5.74) is 2.76. The van der Waals surface area contributed by atoms with Crippen molar-refractivity contribution in [2.24, 2.45) is 0 Å². The zero-order valence-electron chi connectivity index (χ0n) is 12.8. The van der Waals surface area contributed by atoms with Crippen molar-refractivity contribution in [2.45, 2.75) is 18.9 Å². The number of benzene rings is 2. The topological polar surface area (TPSA) is 51.0 Å². The molecule has 23 heavy (non-hydrogen) atoms. The second-order valence-electron chi connectivity index (χ2n) is 5.91. The number of rotatable bonds is 2. The Morgan fingerprint density at radius 3 is 2.43 bits per heavy atom. The number of nitrogens with zero attached hydrogens (tertiary/aromatic N) is 4. The van der Waals surface area contributed by atoms with Crippen molar-refractivity contribution in [3.63, 3.8) is 0 Å². The predicted octanol–water partition coefficient (Wildman–Crippen LogP) is 2.91. The molecule has 0 saturated carbocycles. The van der Waals surface area contributed by atoms with Crippen molar-refractivity contribution < 1.29 is 4.79 Å².